The van der Waals surface area contributed by atoms with E-state index in [-0.39, 0.29) is 23.3 Å². The van der Waals surface area contributed by atoms with Crippen LogP contribution < -0.4 is 4.72 Å². The van der Waals surface area contributed by atoms with Crippen LogP contribution in [0.25, 0.3) is 0 Å². The maximum absolute atomic E-state index is 13.8. The Morgan fingerprint density at radius 1 is 0.667 bits per heavy atom. The number of nitrogens with zero attached hydrogens (tertiary/aromatic N) is 2. The molecular formula is C32H33N3O3S. The highest BCUT2D eigenvalue weighted by Gasteiger charge is 2.33. The van der Waals surface area contributed by atoms with Gasteiger partial charge < -0.3 is 4.90 Å². The molecule has 0 spiro atoms. The van der Waals surface area contributed by atoms with Gasteiger partial charge >= 0.3 is 0 Å². The fourth-order valence-electron chi connectivity index (χ4n) is 5.19. The Bertz CT molecular complexity index is 1400. The van der Waals surface area contributed by atoms with Crippen LogP contribution in [-0.2, 0) is 21.2 Å². The van der Waals surface area contributed by atoms with E-state index in [1.807, 2.05) is 42.5 Å². The molecule has 1 heterocycles. The van der Waals surface area contributed by atoms with E-state index < -0.39 is 16.1 Å². The molecule has 1 aliphatic heterocycles. The summed E-state index contributed by atoms with van der Waals surface area (Å²) in [5, 5.41) is 0. The van der Waals surface area contributed by atoms with E-state index >= 15 is 0 Å². The van der Waals surface area contributed by atoms with Crippen molar-refractivity contribution in [1.82, 2.24) is 14.5 Å². The zero-order valence-corrected chi connectivity index (χ0v) is 22.6. The number of hydrogen-bond donors (Lipinski definition) is 1. The largest absolute Gasteiger partial charge is 0.339 e. The minimum Gasteiger partial charge on any atom is -0.339 e. The molecule has 1 fully saturated rings. The Hall–Kier alpha value is -3.78. The number of rotatable bonds is 9. The molecule has 1 saturated heterocycles. The van der Waals surface area contributed by atoms with E-state index in [0.29, 0.717) is 26.2 Å². The van der Waals surface area contributed by atoms with Crippen LogP contribution in [0, 0.1) is 0 Å². The lowest BCUT2D eigenvalue weighted by molar-refractivity contribution is -0.135. The van der Waals surface area contributed by atoms with Crippen molar-refractivity contribution in [1.29, 1.82) is 0 Å². The highest BCUT2D eigenvalue weighted by atomic mass is 32.2. The number of nitrogens with one attached hydrogen (secondary N) is 1. The zero-order valence-electron chi connectivity index (χ0n) is 21.8. The number of hydrogen-bond acceptors (Lipinski definition) is 4. The van der Waals surface area contributed by atoms with Gasteiger partial charge in [-0.3, -0.25) is 9.69 Å². The van der Waals surface area contributed by atoms with Gasteiger partial charge in [0.1, 0.15) is 6.04 Å². The number of carbonyl (C=O) groups is 1. The predicted molar refractivity (Wildman–Crippen MR) is 154 cm³/mol. The second kappa shape index (κ2) is 12.4. The molecule has 0 radical (unpaired) electrons. The first kappa shape index (κ1) is 26.8. The molecule has 200 valence electrons. The number of sulfonamides is 1. The maximum atomic E-state index is 13.8. The lowest BCUT2D eigenvalue weighted by atomic mass is 9.96. The van der Waals surface area contributed by atoms with E-state index in [0.717, 1.165) is 5.56 Å². The summed E-state index contributed by atoms with van der Waals surface area (Å²) in [6.45, 7) is 2.41. The van der Waals surface area contributed by atoms with Gasteiger partial charge in [-0.2, -0.15) is 4.72 Å². The molecular weight excluding hydrogens is 506 g/mol. The van der Waals surface area contributed by atoms with E-state index in [2.05, 4.69) is 58.2 Å². The van der Waals surface area contributed by atoms with E-state index in [9.17, 15) is 13.2 Å². The van der Waals surface area contributed by atoms with E-state index in [4.69, 9.17) is 0 Å². The van der Waals surface area contributed by atoms with Gasteiger partial charge in [0.05, 0.1) is 10.9 Å². The van der Waals surface area contributed by atoms with Crippen molar-refractivity contribution in [3.63, 3.8) is 0 Å². The smallest absolute Gasteiger partial charge is 0.241 e. The van der Waals surface area contributed by atoms with Crippen LogP contribution in [0.2, 0.25) is 0 Å². The van der Waals surface area contributed by atoms with Crippen molar-refractivity contribution in [3.8, 4) is 0 Å². The molecule has 6 nitrogen and oxygen atoms in total. The second-order valence-electron chi connectivity index (χ2n) is 9.76. The average molecular weight is 540 g/mol. The lowest BCUT2D eigenvalue weighted by Crippen LogP contribution is -2.56. The van der Waals surface area contributed by atoms with Crippen LogP contribution in [0.1, 0.15) is 22.7 Å². The third-order valence-corrected chi connectivity index (χ3v) is 8.64. The number of amides is 1. The highest BCUT2D eigenvalue weighted by molar-refractivity contribution is 7.89. The van der Waals surface area contributed by atoms with Crippen molar-refractivity contribution in [2.24, 2.45) is 0 Å². The van der Waals surface area contributed by atoms with E-state index in [1.54, 1.807) is 35.2 Å². The van der Waals surface area contributed by atoms with Crippen molar-refractivity contribution >= 4 is 15.9 Å². The molecule has 0 aromatic heterocycles. The summed E-state index contributed by atoms with van der Waals surface area (Å²) >= 11 is 0. The molecule has 1 amide bonds. The van der Waals surface area contributed by atoms with Gasteiger partial charge in [0, 0.05) is 26.2 Å². The summed E-state index contributed by atoms with van der Waals surface area (Å²) in [5.41, 5.74) is 3.32. The molecule has 0 saturated carbocycles. The van der Waals surface area contributed by atoms with Crippen LogP contribution in [0.15, 0.2) is 126 Å². The quantitative estimate of drug-likeness (QED) is 0.340. The van der Waals surface area contributed by atoms with Crippen LogP contribution in [0.3, 0.4) is 0 Å². The molecule has 0 bridgehead atoms. The van der Waals surface area contributed by atoms with Gasteiger partial charge in [-0.1, -0.05) is 109 Å². The lowest BCUT2D eigenvalue weighted by Gasteiger charge is -2.40. The van der Waals surface area contributed by atoms with E-state index in [1.165, 1.54) is 11.1 Å². The summed E-state index contributed by atoms with van der Waals surface area (Å²) in [6.07, 6.45) is 0.280. The average Bonchev–Trinajstić information content (AvgIpc) is 2.99. The monoisotopic (exact) mass is 539 g/mol. The number of carbonyl (C=O) groups excluding carboxylic acids is 1. The summed E-state index contributed by atoms with van der Waals surface area (Å²) in [6, 6.07) is 37.7. The molecule has 1 atom stereocenters. The molecule has 0 aliphatic carbocycles. The van der Waals surface area contributed by atoms with Crippen molar-refractivity contribution in [2.45, 2.75) is 23.4 Å². The predicted octanol–water partition coefficient (Wildman–Crippen LogP) is 4.51. The van der Waals surface area contributed by atoms with Gasteiger partial charge in [-0.15, -0.1) is 0 Å². The third-order valence-electron chi connectivity index (χ3n) is 7.15. The van der Waals surface area contributed by atoms with Gasteiger partial charge in [-0.25, -0.2) is 8.42 Å². The van der Waals surface area contributed by atoms with Crippen LogP contribution in [-0.4, -0.2) is 56.3 Å². The first-order valence-corrected chi connectivity index (χ1v) is 14.7. The summed E-state index contributed by atoms with van der Waals surface area (Å²) in [5.74, 6) is -0.200. The SMILES string of the molecule is O=C(C(Cc1ccccc1)NS(=O)(=O)c1ccccc1)N1CCN(C(c2ccccc2)c2ccccc2)CC1. The topological polar surface area (TPSA) is 69.7 Å². The van der Waals surface area contributed by atoms with Crippen LogP contribution >= 0.6 is 0 Å². The third kappa shape index (κ3) is 6.63. The number of benzene rings is 4. The Labute approximate surface area is 231 Å². The zero-order chi connectivity index (χ0) is 27.1. The highest BCUT2D eigenvalue weighted by Crippen LogP contribution is 2.29. The van der Waals surface area contributed by atoms with Gasteiger partial charge in [0.2, 0.25) is 15.9 Å². The second-order valence-corrected chi connectivity index (χ2v) is 11.5. The minimum absolute atomic E-state index is 0.0846. The van der Waals surface area contributed by atoms with Crippen molar-refractivity contribution in [2.75, 3.05) is 26.2 Å². The Kier molecular flexibility index (Phi) is 8.51. The molecule has 1 aliphatic rings. The summed E-state index contributed by atoms with van der Waals surface area (Å²) in [7, 11) is -3.87. The van der Waals surface area contributed by atoms with Gasteiger partial charge in [0.25, 0.3) is 0 Å². The maximum Gasteiger partial charge on any atom is 0.241 e. The normalized spacial score (nSPS) is 15.3. The molecule has 5 rings (SSSR count). The van der Waals surface area contributed by atoms with Gasteiger partial charge in [-0.05, 0) is 35.2 Å². The molecule has 39 heavy (non-hydrogen) atoms. The first-order chi connectivity index (χ1) is 19.0. The Balaban J connectivity index is 1.34. The van der Waals surface area contributed by atoms with Gasteiger partial charge in [0.15, 0.2) is 0 Å². The van der Waals surface area contributed by atoms with Crippen LogP contribution in [0.4, 0.5) is 0 Å². The summed E-state index contributed by atoms with van der Waals surface area (Å²) < 4.78 is 29.1. The first-order valence-electron chi connectivity index (χ1n) is 13.3. The molecule has 7 heteroatoms. The summed E-state index contributed by atoms with van der Waals surface area (Å²) in [4.78, 5) is 18.1. The minimum atomic E-state index is -3.87. The molecule has 1 unspecified atom stereocenters. The Morgan fingerprint density at radius 3 is 1.64 bits per heavy atom. The molecule has 1 N–H and O–H groups in total. The standard InChI is InChI=1S/C32H33N3O3S/c36-32(30(25-26-13-5-1-6-14-26)33-39(37,38)29-19-11-4-12-20-29)35-23-21-34(22-24-35)31(27-15-7-2-8-16-27)28-17-9-3-10-18-28/h1-20,30-31,33H,21-25H2. The van der Waals surface area contributed by atoms with Crippen molar-refractivity contribution in [3.05, 3.63) is 138 Å². The fourth-order valence-corrected chi connectivity index (χ4v) is 6.40. The molecule has 4 aromatic carbocycles. The molecule has 4 aromatic rings. The van der Waals surface area contributed by atoms with Crippen molar-refractivity contribution < 1.29 is 13.2 Å². The number of piperazine rings is 1. The fraction of sp³-hybridized carbons (Fsp3) is 0.219. The Morgan fingerprint density at radius 2 is 1.13 bits per heavy atom. The van der Waals surface area contributed by atoms with Crippen LogP contribution in [0.5, 0.6) is 0 Å².